The molecule has 0 aliphatic rings. The van der Waals surface area contributed by atoms with Gasteiger partial charge in [-0.05, 0) is 37.7 Å². The summed E-state index contributed by atoms with van der Waals surface area (Å²) in [5.41, 5.74) is 0. The van der Waals surface area contributed by atoms with E-state index in [9.17, 15) is 9.59 Å². The van der Waals surface area contributed by atoms with Crippen molar-refractivity contribution in [2.75, 3.05) is 0 Å². The summed E-state index contributed by atoms with van der Waals surface area (Å²) < 4.78 is 0. The average molecular weight is 469 g/mol. The number of hydrogen-bond acceptors (Lipinski definition) is 2. The van der Waals surface area contributed by atoms with E-state index in [2.05, 4.69) is 91.0 Å². The van der Waals surface area contributed by atoms with Crippen LogP contribution >= 0.6 is 7.92 Å². The van der Waals surface area contributed by atoms with Gasteiger partial charge in [-0.1, -0.05) is 91.0 Å². The number of ketones is 2. The molecule has 3 rings (SSSR count). The van der Waals surface area contributed by atoms with Crippen LogP contribution < -0.4 is 15.9 Å². The first-order chi connectivity index (χ1) is 12.6. The molecule has 4 heteroatoms. The molecule has 0 aliphatic carbocycles. The van der Waals surface area contributed by atoms with Gasteiger partial charge in [-0.3, -0.25) is 9.59 Å². The Kier molecular flexibility index (Phi) is 10.7. The van der Waals surface area contributed by atoms with Crippen molar-refractivity contribution in [3.05, 3.63) is 91.0 Å². The first-order valence-corrected chi connectivity index (χ1v) is 9.86. The molecule has 0 saturated carbocycles. The van der Waals surface area contributed by atoms with Gasteiger partial charge in [0.05, 0.1) is 6.42 Å². The summed E-state index contributed by atoms with van der Waals surface area (Å²) in [5.74, 6) is -0.125. The normalized spacial score (nSPS) is 9.59. The van der Waals surface area contributed by atoms with Gasteiger partial charge >= 0.3 is 0 Å². The first kappa shape index (κ1) is 23.1. The van der Waals surface area contributed by atoms with Crippen LogP contribution in [0, 0.1) is 0 Å². The van der Waals surface area contributed by atoms with E-state index in [4.69, 9.17) is 0 Å². The van der Waals surface area contributed by atoms with Gasteiger partial charge in [-0.2, -0.15) is 0 Å². The van der Waals surface area contributed by atoms with E-state index < -0.39 is 7.92 Å². The van der Waals surface area contributed by atoms with Crippen molar-refractivity contribution in [2.24, 2.45) is 0 Å². The Morgan fingerprint density at radius 3 is 1.04 bits per heavy atom. The monoisotopic (exact) mass is 468 g/mol. The van der Waals surface area contributed by atoms with Crippen molar-refractivity contribution in [3.8, 4) is 0 Å². The molecule has 0 aliphatic heterocycles. The van der Waals surface area contributed by atoms with Gasteiger partial charge in [0.25, 0.3) is 0 Å². The molecule has 0 radical (unpaired) electrons. The van der Waals surface area contributed by atoms with Gasteiger partial charge < -0.3 is 0 Å². The van der Waals surface area contributed by atoms with Gasteiger partial charge in [-0.25, -0.2) is 0 Å². The molecule has 2 nitrogen and oxygen atoms in total. The Bertz CT molecular complexity index is 715. The Hall–Kier alpha value is -1.91. The zero-order chi connectivity index (χ0) is 18.8. The van der Waals surface area contributed by atoms with Crippen LogP contribution in [0.3, 0.4) is 0 Å². The van der Waals surface area contributed by atoms with Crippen LogP contribution in [-0.4, -0.2) is 11.6 Å². The van der Waals surface area contributed by atoms with E-state index >= 15 is 0 Å². The smallest absolute Gasteiger partial charge is 0.137 e. The van der Waals surface area contributed by atoms with E-state index in [1.165, 1.54) is 29.8 Å². The van der Waals surface area contributed by atoms with Gasteiger partial charge in [0.15, 0.2) is 0 Å². The zero-order valence-electron chi connectivity index (χ0n) is 15.4. The van der Waals surface area contributed by atoms with Gasteiger partial charge in [0.1, 0.15) is 11.6 Å². The van der Waals surface area contributed by atoms with Crippen LogP contribution in [0.25, 0.3) is 0 Å². The van der Waals surface area contributed by atoms with Crippen molar-refractivity contribution < 1.29 is 30.0 Å². The predicted octanol–water partition coefficient (Wildman–Crippen LogP) is 4.00. The SMILES string of the molecule is CC(=O)CC(C)=O.[Pd].c1ccc(P(c2ccccc2)c2ccccc2)cc1. The maximum Gasteiger partial charge on any atom is 0.137 e. The third-order valence-corrected chi connectivity index (χ3v) is 5.98. The van der Waals surface area contributed by atoms with Crippen LogP contribution in [0.15, 0.2) is 91.0 Å². The van der Waals surface area contributed by atoms with Crippen molar-refractivity contribution in [1.29, 1.82) is 0 Å². The second-order valence-electron chi connectivity index (χ2n) is 5.92. The molecular formula is C23H23O2PPd. The molecule has 0 heterocycles. The van der Waals surface area contributed by atoms with Crippen molar-refractivity contribution in [1.82, 2.24) is 0 Å². The number of benzene rings is 3. The summed E-state index contributed by atoms with van der Waals surface area (Å²) in [6.07, 6.45) is 0.0833. The van der Waals surface area contributed by atoms with Crippen LogP contribution in [0.2, 0.25) is 0 Å². The van der Waals surface area contributed by atoms with Crippen LogP contribution in [0.4, 0.5) is 0 Å². The molecule has 27 heavy (non-hydrogen) atoms. The molecule has 0 spiro atoms. The standard InChI is InChI=1S/C18H15P.C5H8O2.Pd/c1-4-10-16(11-5-1)19(17-12-6-2-7-13-17)18-14-8-3-9-15-18;1-4(6)3-5(2)7;/h1-15H;3H2,1-2H3;. The fourth-order valence-electron chi connectivity index (χ4n) is 2.53. The number of carbonyl (C=O) groups is 2. The minimum Gasteiger partial charge on any atom is -0.300 e. The molecule has 0 bridgehead atoms. The van der Waals surface area contributed by atoms with E-state index in [0.717, 1.165) is 0 Å². The molecule has 0 N–H and O–H groups in total. The topological polar surface area (TPSA) is 34.1 Å². The number of carbonyl (C=O) groups excluding carboxylic acids is 2. The van der Waals surface area contributed by atoms with Crippen molar-refractivity contribution >= 4 is 35.4 Å². The predicted molar refractivity (Wildman–Crippen MR) is 111 cm³/mol. The quantitative estimate of drug-likeness (QED) is 0.322. The van der Waals surface area contributed by atoms with E-state index in [0.29, 0.717) is 0 Å². The van der Waals surface area contributed by atoms with E-state index in [-0.39, 0.29) is 38.4 Å². The molecule has 3 aromatic rings. The minimum atomic E-state index is -0.446. The largest absolute Gasteiger partial charge is 0.300 e. The summed E-state index contributed by atoms with van der Waals surface area (Å²) in [7, 11) is -0.446. The summed E-state index contributed by atoms with van der Waals surface area (Å²) in [6.45, 7) is 2.81. The molecule has 0 aromatic heterocycles. The second-order valence-corrected chi connectivity index (χ2v) is 8.14. The third-order valence-electron chi connectivity index (χ3n) is 3.54. The summed E-state index contributed by atoms with van der Waals surface area (Å²) in [5, 5.41) is 4.19. The third kappa shape index (κ3) is 8.10. The maximum absolute atomic E-state index is 10.0. The fraction of sp³-hybridized carbons (Fsp3) is 0.130. The summed E-state index contributed by atoms with van der Waals surface area (Å²) in [4.78, 5) is 20.1. The van der Waals surface area contributed by atoms with Crippen molar-refractivity contribution in [3.63, 3.8) is 0 Å². The van der Waals surface area contributed by atoms with E-state index in [1.807, 2.05) is 0 Å². The summed E-state index contributed by atoms with van der Waals surface area (Å²) >= 11 is 0. The Morgan fingerprint density at radius 1 is 0.593 bits per heavy atom. The molecular weight excluding hydrogens is 446 g/mol. The molecule has 0 unspecified atom stereocenters. The van der Waals surface area contributed by atoms with Crippen LogP contribution in [0.5, 0.6) is 0 Å². The number of hydrogen-bond donors (Lipinski definition) is 0. The molecule has 0 amide bonds. The molecule has 3 aromatic carbocycles. The van der Waals surface area contributed by atoms with Crippen LogP contribution in [-0.2, 0) is 30.0 Å². The van der Waals surface area contributed by atoms with Gasteiger partial charge in [0, 0.05) is 20.4 Å². The average Bonchev–Trinajstić information content (AvgIpc) is 2.64. The van der Waals surface area contributed by atoms with E-state index in [1.54, 1.807) is 0 Å². The molecule has 0 saturated heterocycles. The first-order valence-electron chi connectivity index (χ1n) is 8.52. The summed E-state index contributed by atoms with van der Waals surface area (Å²) in [6, 6.07) is 32.3. The van der Waals surface area contributed by atoms with Crippen molar-refractivity contribution in [2.45, 2.75) is 20.3 Å². The molecule has 0 fully saturated rings. The second kappa shape index (κ2) is 12.5. The number of Topliss-reactive ketones (excluding diaryl/α,β-unsaturated/α-hetero) is 2. The number of rotatable bonds is 5. The van der Waals surface area contributed by atoms with Gasteiger partial charge in [-0.15, -0.1) is 0 Å². The Morgan fingerprint density at radius 2 is 0.852 bits per heavy atom. The minimum absolute atomic E-state index is 0. The molecule has 142 valence electrons. The Balaban J connectivity index is 0.000000395. The van der Waals surface area contributed by atoms with Crippen LogP contribution in [0.1, 0.15) is 20.3 Å². The zero-order valence-corrected chi connectivity index (χ0v) is 17.9. The molecule has 0 atom stereocenters. The van der Waals surface area contributed by atoms with Gasteiger partial charge in [0.2, 0.25) is 0 Å². The Labute approximate surface area is 176 Å². The fourth-order valence-corrected chi connectivity index (χ4v) is 4.83. The maximum atomic E-state index is 10.0.